The molecule has 4 rings (SSSR count). The molecule has 0 unspecified atom stereocenters. The minimum atomic E-state index is -0.237. The van der Waals surface area contributed by atoms with E-state index in [9.17, 15) is 9.59 Å². The van der Waals surface area contributed by atoms with E-state index < -0.39 is 0 Å². The van der Waals surface area contributed by atoms with Crippen molar-refractivity contribution in [1.29, 1.82) is 0 Å². The quantitative estimate of drug-likeness (QED) is 0.704. The first kappa shape index (κ1) is 22.3. The number of fused-ring (bicyclic) bond motifs is 1. The van der Waals surface area contributed by atoms with Crippen LogP contribution in [0.25, 0.3) is 6.08 Å². The van der Waals surface area contributed by atoms with Crippen molar-refractivity contribution in [2.24, 2.45) is 0 Å². The van der Waals surface area contributed by atoms with Gasteiger partial charge in [0.05, 0.1) is 12.5 Å². The van der Waals surface area contributed by atoms with Crippen molar-refractivity contribution in [3.05, 3.63) is 77.0 Å². The molecule has 2 aromatic rings. The normalized spacial score (nSPS) is 18.7. The number of carbonyl (C=O) groups is 2. The van der Waals surface area contributed by atoms with Gasteiger partial charge in [-0.15, -0.1) is 0 Å². The summed E-state index contributed by atoms with van der Waals surface area (Å²) in [7, 11) is 0. The summed E-state index contributed by atoms with van der Waals surface area (Å²) in [6, 6.07) is 16.7. The Morgan fingerprint density at radius 2 is 1.66 bits per heavy atom. The number of carbonyl (C=O) groups excluding carboxylic acids is 2. The van der Waals surface area contributed by atoms with Crippen molar-refractivity contribution in [1.82, 2.24) is 14.7 Å². The molecule has 1 atom stereocenters. The first-order chi connectivity index (χ1) is 15.4. The Morgan fingerprint density at radius 1 is 0.969 bits per heavy atom. The van der Waals surface area contributed by atoms with Gasteiger partial charge >= 0.3 is 0 Å². The van der Waals surface area contributed by atoms with Gasteiger partial charge in [0.15, 0.2) is 0 Å². The maximum absolute atomic E-state index is 13.2. The summed E-state index contributed by atoms with van der Waals surface area (Å²) in [6.07, 6.45) is 4.08. The lowest BCUT2D eigenvalue weighted by molar-refractivity contribution is -0.136. The summed E-state index contributed by atoms with van der Waals surface area (Å²) < 4.78 is 0. The highest BCUT2D eigenvalue weighted by Crippen LogP contribution is 2.33. The van der Waals surface area contributed by atoms with E-state index in [2.05, 4.69) is 43.0 Å². The van der Waals surface area contributed by atoms with Crippen LogP contribution < -0.4 is 0 Å². The van der Waals surface area contributed by atoms with Crippen LogP contribution >= 0.6 is 0 Å². The molecule has 2 heterocycles. The molecule has 2 amide bonds. The number of hydrogen-bond acceptors (Lipinski definition) is 3. The molecule has 0 saturated carbocycles. The Labute approximate surface area is 191 Å². The van der Waals surface area contributed by atoms with Gasteiger partial charge in [0, 0.05) is 45.8 Å². The second-order valence-electron chi connectivity index (χ2n) is 9.14. The Balaban J connectivity index is 1.35. The molecular formula is C27H33N3O2. The monoisotopic (exact) mass is 431 g/mol. The summed E-state index contributed by atoms with van der Waals surface area (Å²) in [5.74, 6) is 0.623. The third-order valence-corrected chi connectivity index (χ3v) is 6.61. The Bertz CT molecular complexity index is 988. The Kier molecular flexibility index (Phi) is 6.75. The van der Waals surface area contributed by atoms with Gasteiger partial charge in [0.1, 0.15) is 0 Å². The number of benzene rings is 2. The number of piperazine rings is 1. The zero-order valence-corrected chi connectivity index (χ0v) is 19.3. The molecule has 0 aliphatic carbocycles. The first-order valence-corrected chi connectivity index (χ1v) is 11.6. The molecular weight excluding hydrogens is 398 g/mol. The summed E-state index contributed by atoms with van der Waals surface area (Å²) in [5, 5.41) is 0. The van der Waals surface area contributed by atoms with E-state index in [0.717, 1.165) is 43.9 Å². The van der Waals surface area contributed by atoms with Crippen molar-refractivity contribution in [2.75, 3.05) is 26.2 Å². The highest BCUT2D eigenvalue weighted by atomic mass is 16.2. The predicted molar refractivity (Wildman–Crippen MR) is 128 cm³/mol. The third-order valence-electron chi connectivity index (χ3n) is 6.61. The van der Waals surface area contributed by atoms with Crippen LogP contribution in [0.5, 0.6) is 0 Å². The lowest BCUT2D eigenvalue weighted by Gasteiger charge is -2.37. The molecule has 168 valence electrons. The number of hydrogen-bond donors (Lipinski definition) is 0. The molecule has 2 aliphatic rings. The maximum Gasteiger partial charge on any atom is 0.225 e. The van der Waals surface area contributed by atoms with Crippen molar-refractivity contribution in [3.8, 4) is 0 Å². The van der Waals surface area contributed by atoms with Crippen LogP contribution in [0.4, 0.5) is 0 Å². The average molecular weight is 432 g/mol. The molecule has 2 aromatic carbocycles. The summed E-state index contributed by atoms with van der Waals surface area (Å²) in [5.41, 5.74) is 4.80. The van der Waals surface area contributed by atoms with Crippen LogP contribution in [0.1, 0.15) is 61.4 Å². The van der Waals surface area contributed by atoms with Crippen molar-refractivity contribution >= 4 is 17.9 Å². The Morgan fingerprint density at radius 3 is 2.31 bits per heavy atom. The second kappa shape index (κ2) is 9.70. The van der Waals surface area contributed by atoms with Crippen LogP contribution in [0.3, 0.4) is 0 Å². The zero-order chi connectivity index (χ0) is 22.7. The summed E-state index contributed by atoms with van der Waals surface area (Å²) >= 11 is 0. The Hall–Kier alpha value is -2.92. The van der Waals surface area contributed by atoms with Gasteiger partial charge in [-0.3, -0.25) is 14.5 Å². The fraction of sp³-hybridized carbons (Fsp3) is 0.407. The van der Waals surface area contributed by atoms with E-state index in [1.807, 2.05) is 41.4 Å². The molecule has 5 heteroatoms. The number of amides is 2. The van der Waals surface area contributed by atoms with E-state index in [1.165, 1.54) is 11.1 Å². The van der Waals surface area contributed by atoms with E-state index >= 15 is 0 Å². The van der Waals surface area contributed by atoms with Crippen LogP contribution in [-0.2, 0) is 16.1 Å². The van der Waals surface area contributed by atoms with Crippen molar-refractivity contribution < 1.29 is 9.59 Å². The lowest BCUT2D eigenvalue weighted by atomic mass is 9.93. The molecule has 0 radical (unpaired) electrons. The highest BCUT2D eigenvalue weighted by Gasteiger charge is 2.31. The zero-order valence-electron chi connectivity index (χ0n) is 19.3. The number of rotatable bonds is 5. The van der Waals surface area contributed by atoms with Gasteiger partial charge in [-0.05, 0) is 34.2 Å². The molecule has 32 heavy (non-hydrogen) atoms. The fourth-order valence-corrected chi connectivity index (χ4v) is 4.63. The third kappa shape index (κ3) is 4.94. The van der Waals surface area contributed by atoms with Gasteiger partial charge in [0.25, 0.3) is 0 Å². The standard InChI is InChI=1S/C27H33N3O2/c1-20(2)23-10-8-22(9-11-23)19-28-14-16-29(17-15-28)27(32)18-26-25-7-5-4-6-24(25)12-13-30(26)21(3)31/h4-13,20,26H,14-19H2,1-3H3/t26-/m1/s1. The van der Waals surface area contributed by atoms with Gasteiger partial charge in [-0.1, -0.05) is 62.4 Å². The second-order valence-corrected chi connectivity index (χ2v) is 9.14. The molecule has 0 bridgehead atoms. The van der Waals surface area contributed by atoms with Gasteiger partial charge < -0.3 is 9.80 Å². The van der Waals surface area contributed by atoms with Crippen molar-refractivity contribution in [3.63, 3.8) is 0 Å². The minimum Gasteiger partial charge on any atom is -0.340 e. The smallest absolute Gasteiger partial charge is 0.225 e. The number of nitrogens with zero attached hydrogens (tertiary/aromatic N) is 3. The molecule has 1 saturated heterocycles. The lowest BCUT2D eigenvalue weighted by Crippen LogP contribution is -2.49. The van der Waals surface area contributed by atoms with E-state index in [1.54, 1.807) is 11.8 Å². The van der Waals surface area contributed by atoms with Gasteiger partial charge in [-0.2, -0.15) is 0 Å². The summed E-state index contributed by atoms with van der Waals surface area (Å²) in [6.45, 7) is 10.1. The topological polar surface area (TPSA) is 43.9 Å². The van der Waals surface area contributed by atoms with Crippen molar-refractivity contribution in [2.45, 2.75) is 45.7 Å². The van der Waals surface area contributed by atoms with Crippen LogP contribution in [0.2, 0.25) is 0 Å². The molecule has 5 nitrogen and oxygen atoms in total. The first-order valence-electron chi connectivity index (χ1n) is 11.6. The molecule has 2 aliphatic heterocycles. The van der Waals surface area contributed by atoms with Crippen LogP contribution in [-0.4, -0.2) is 52.7 Å². The van der Waals surface area contributed by atoms with Gasteiger partial charge in [0.2, 0.25) is 11.8 Å². The van der Waals surface area contributed by atoms with Gasteiger partial charge in [-0.25, -0.2) is 0 Å². The largest absolute Gasteiger partial charge is 0.340 e. The highest BCUT2D eigenvalue weighted by molar-refractivity contribution is 5.82. The average Bonchev–Trinajstić information content (AvgIpc) is 2.80. The molecule has 0 aromatic heterocycles. The predicted octanol–water partition coefficient (Wildman–Crippen LogP) is 4.42. The summed E-state index contributed by atoms with van der Waals surface area (Å²) in [4.78, 5) is 31.4. The molecule has 0 N–H and O–H groups in total. The molecule has 0 spiro atoms. The molecule has 1 fully saturated rings. The maximum atomic E-state index is 13.2. The minimum absolute atomic E-state index is 0.0399. The van der Waals surface area contributed by atoms with E-state index in [-0.39, 0.29) is 17.9 Å². The van der Waals surface area contributed by atoms with Crippen LogP contribution in [0, 0.1) is 0 Å². The fourth-order valence-electron chi connectivity index (χ4n) is 4.63. The van der Waals surface area contributed by atoms with E-state index in [0.29, 0.717) is 12.3 Å². The van der Waals surface area contributed by atoms with Crippen LogP contribution in [0.15, 0.2) is 54.7 Å². The SMILES string of the molecule is CC(=O)N1C=Cc2ccccc2[C@H]1CC(=O)N1CCN(Cc2ccc(C(C)C)cc2)CC1. The van der Waals surface area contributed by atoms with E-state index in [4.69, 9.17) is 0 Å².